The Morgan fingerprint density at radius 1 is 0.903 bits per heavy atom. The molecule has 2 aliphatic rings. The van der Waals surface area contributed by atoms with Gasteiger partial charge in [-0.1, -0.05) is 72.8 Å². The van der Waals surface area contributed by atoms with Crippen molar-refractivity contribution in [1.29, 1.82) is 0 Å². The maximum atomic E-state index is 13.7. The first-order chi connectivity index (χ1) is 15.1. The Kier molecular flexibility index (Phi) is 4.91. The summed E-state index contributed by atoms with van der Waals surface area (Å²) in [6.45, 7) is 4.11. The van der Waals surface area contributed by atoms with Crippen LogP contribution in [0.25, 0.3) is 0 Å². The number of nitrogens with one attached hydrogen (secondary N) is 1. The van der Waals surface area contributed by atoms with E-state index in [4.69, 9.17) is 0 Å². The third-order valence-electron chi connectivity index (χ3n) is 5.78. The SMILES string of the molecule is CCc1ccc(N2C(=O)C3=C(C2=O)C(c2ccc(C)cc2)Nc2ccccc2S3)cc1. The largest absolute Gasteiger partial charge is 0.373 e. The van der Waals surface area contributed by atoms with Crippen LogP contribution in [0.2, 0.25) is 0 Å². The van der Waals surface area contributed by atoms with Crippen molar-refractivity contribution in [3.63, 3.8) is 0 Å². The lowest BCUT2D eigenvalue weighted by Gasteiger charge is -2.23. The molecule has 1 unspecified atom stereocenters. The van der Waals surface area contributed by atoms with Crippen LogP contribution in [0.1, 0.15) is 29.7 Å². The van der Waals surface area contributed by atoms with Gasteiger partial charge in [0, 0.05) is 10.6 Å². The number of hydrogen-bond acceptors (Lipinski definition) is 4. The zero-order chi connectivity index (χ0) is 21.5. The van der Waals surface area contributed by atoms with Gasteiger partial charge in [0.15, 0.2) is 0 Å². The minimum atomic E-state index is -0.400. The fourth-order valence-electron chi connectivity index (χ4n) is 4.02. The van der Waals surface area contributed by atoms with Gasteiger partial charge in [-0.2, -0.15) is 0 Å². The minimum absolute atomic E-state index is 0.259. The number of carbonyl (C=O) groups is 2. The standard InChI is InChI=1S/C26H22N2O2S/c1-3-17-10-14-19(15-11-17)28-25(29)22-23(18-12-8-16(2)9-13-18)27-20-6-4-5-7-21(20)31-24(22)26(28)30/h4-15,23,27H,3H2,1-2H3. The highest BCUT2D eigenvalue weighted by Gasteiger charge is 2.45. The van der Waals surface area contributed by atoms with Crippen LogP contribution in [0.4, 0.5) is 11.4 Å². The number of anilines is 2. The smallest absolute Gasteiger partial charge is 0.272 e. The summed E-state index contributed by atoms with van der Waals surface area (Å²) in [6, 6.07) is 23.2. The first kappa shape index (κ1) is 19.6. The summed E-state index contributed by atoms with van der Waals surface area (Å²) in [5.74, 6) is -0.521. The van der Waals surface area contributed by atoms with Crippen molar-refractivity contribution in [2.45, 2.75) is 31.2 Å². The monoisotopic (exact) mass is 426 g/mol. The van der Waals surface area contributed by atoms with E-state index in [2.05, 4.69) is 12.2 Å². The predicted molar refractivity (Wildman–Crippen MR) is 125 cm³/mol. The van der Waals surface area contributed by atoms with Crippen molar-refractivity contribution in [1.82, 2.24) is 0 Å². The van der Waals surface area contributed by atoms with E-state index in [0.29, 0.717) is 16.2 Å². The summed E-state index contributed by atoms with van der Waals surface area (Å²) in [7, 11) is 0. The van der Waals surface area contributed by atoms with Crippen LogP contribution in [0.15, 0.2) is 88.2 Å². The molecule has 4 nitrogen and oxygen atoms in total. The van der Waals surface area contributed by atoms with Gasteiger partial charge in [0.2, 0.25) is 0 Å². The summed E-state index contributed by atoms with van der Waals surface area (Å²) in [5.41, 5.74) is 5.31. The molecule has 0 fully saturated rings. The molecule has 2 aliphatic heterocycles. The number of benzene rings is 3. The van der Waals surface area contributed by atoms with Crippen molar-refractivity contribution < 1.29 is 9.59 Å². The fourth-order valence-corrected chi connectivity index (χ4v) is 5.11. The van der Waals surface area contributed by atoms with Crippen LogP contribution in [0.5, 0.6) is 0 Å². The number of nitrogens with zero attached hydrogens (tertiary/aromatic N) is 1. The quantitative estimate of drug-likeness (QED) is 0.551. The van der Waals surface area contributed by atoms with E-state index in [9.17, 15) is 9.59 Å². The second-order valence-corrected chi connectivity index (χ2v) is 8.85. The molecule has 0 bridgehead atoms. The molecule has 2 heterocycles. The highest BCUT2D eigenvalue weighted by molar-refractivity contribution is 8.04. The van der Waals surface area contributed by atoms with Crippen LogP contribution >= 0.6 is 11.8 Å². The molecule has 1 N–H and O–H groups in total. The summed E-state index contributed by atoms with van der Waals surface area (Å²) < 4.78 is 0. The third-order valence-corrected chi connectivity index (χ3v) is 6.95. The molecule has 154 valence electrons. The molecule has 0 aromatic heterocycles. The Morgan fingerprint density at radius 3 is 2.32 bits per heavy atom. The lowest BCUT2D eigenvalue weighted by atomic mass is 9.97. The Labute approximate surface area is 186 Å². The molecule has 0 radical (unpaired) electrons. The fraction of sp³-hybridized carbons (Fsp3) is 0.154. The van der Waals surface area contributed by atoms with Crippen LogP contribution < -0.4 is 10.2 Å². The number of imide groups is 1. The number of aryl methyl sites for hydroxylation is 2. The van der Waals surface area contributed by atoms with Gasteiger partial charge < -0.3 is 5.32 Å². The Balaban J connectivity index is 1.63. The van der Waals surface area contributed by atoms with Gasteiger partial charge in [-0.3, -0.25) is 9.59 Å². The minimum Gasteiger partial charge on any atom is -0.373 e. The zero-order valence-electron chi connectivity index (χ0n) is 17.4. The topological polar surface area (TPSA) is 49.4 Å². The van der Waals surface area contributed by atoms with E-state index in [1.807, 2.05) is 79.7 Å². The lowest BCUT2D eigenvalue weighted by molar-refractivity contribution is -0.120. The number of thioether (sulfide) groups is 1. The van der Waals surface area contributed by atoms with E-state index in [1.54, 1.807) is 0 Å². The van der Waals surface area contributed by atoms with Crippen molar-refractivity contribution in [3.8, 4) is 0 Å². The molecular formula is C26H22N2O2S. The number of amides is 2. The Bertz CT molecular complexity index is 1210. The highest BCUT2D eigenvalue weighted by Crippen LogP contribution is 2.48. The molecule has 1 atom stereocenters. The number of hydrogen-bond donors (Lipinski definition) is 1. The third kappa shape index (κ3) is 3.35. The number of carbonyl (C=O) groups excluding carboxylic acids is 2. The van der Waals surface area contributed by atoms with Crippen molar-refractivity contribution in [2.75, 3.05) is 10.2 Å². The maximum absolute atomic E-state index is 13.7. The first-order valence-corrected chi connectivity index (χ1v) is 11.2. The van der Waals surface area contributed by atoms with Crippen molar-refractivity contribution in [2.24, 2.45) is 0 Å². The summed E-state index contributed by atoms with van der Waals surface area (Å²) in [6.07, 6.45) is 0.906. The van der Waals surface area contributed by atoms with Crippen molar-refractivity contribution in [3.05, 3.63) is 100.0 Å². The second kappa shape index (κ2) is 7.75. The van der Waals surface area contributed by atoms with Gasteiger partial charge >= 0.3 is 0 Å². The molecule has 0 spiro atoms. The Hall–Kier alpha value is -3.31. The number of rotatable bonds is 3. The molecule has 31 heavy (non-hydrogen) atoms. The normalized spacial score (nSPS) is 17.9. The van der Waals surface area contributed by atoms with E-state index < -0.39 is 6.04 Å². The second-order valence-electron chi connectivity index (χ2n) is 7.79. The molecular weight excluding hydrogens is 404 g/mol. The Morgan fingerprint density at radius 2 is 1.61 bits per heavy atom. The van der Waals surface area contributed by atoms with Crippen molar-refractivity contribution >= 4 is 35.0 Å². The van der Waals surface area contributed by atoms with Gasteiger partial charge in [-0.15, -0.1) is 0 Å². The van der Waals surface area contributed by atoms with E-state index >= 15 is 0 Å². The van der Waals surface area contributed by atoms with Crippen LogP contribution in [0, 0.1) is 6.92 Å². The molecule has 0 saturated heterocycles. The first-order valence-electron chi connectivity index (χ1n) is 10.4. The van der Waals surface area contributed by atoms with Gasteiger partial charge in [-0.05, 0) is 48.7 Å². The van der Waals surface area contributed by atoms with Crippen LogP contribution in [-0.2, 0) is 16.0 Å². The molecule has 5 heteroatoms. The van der Waals surface area contributed by atoms with Crippen LogP contribution in [0.3, 0.4) is 0 Å². The lowest BCUT2D eigenvalue weighted by Crippen LogP contribution is -2.33. The van der Waals surface area contributed by atoms with Gasteiger partial charge in [0.05, 0.1) is 22.2 Å². The maximum Gasteiger partial charge on any atom is 0.272 e. The average molecular weight is 427 g/mol. The van der Waals surface area contributed by atoms with Crippen LogP contribution in [-0.4, -0.2) is 11.8 Å². The zero-order valence-corrected chi connectivity index (χ0v) is 18.2. The predicted octanol–water partition coefficient (Wildman–Crippen LogP) is 5.64. The van der Waals surface area contributed by atoms with E-state index in [-0.39, 0.29) is 11.8 Å². The van der Waals surface area contributed by atoms with Gasteiger partial charge in [0.25, 0.3) is 11.8 Å². The molecule has 5 rings (SSSR count). The van der Waals surface area contributed by atoms with Gasteiger partial charge in [-0.25, -0.2) is 4.90 Å². The highest BCUT2D eigenvalue weighted by atomic mass is 32.2. The number of para-hydroxylation sites is 1. The molecule has 0 aliphatic carbocycles. The molecule has 3 aromatic carbocycles. The molecule has 3 aromatic rings. The van der Waals surface area contributed by atoms with E-state index in [0.717, 1.165) is 28.1 Å². The van der Waals surface area contributed by atoms with Gasteiger partial charge in [0.1, 0.15) is 0 Å². The average Bonchev–Trinajstić information content (AvgIpc) is 2.93. The summed E-state index contributed by atoms with van der Waals surface area (Å²) in [5, 5.41) is 3.53. The summed E-state index contributed by atoms with van der Waals surface area (Å²) in [4.78, 5) is 29.9. The summed E-state index contributed by atoms with van der Waals surface area (Å²) >= 11 is 1.37. The molecule has 2 amide bonds. The number of fused-ring (bicyclic) bond motifs is 1. The van der Waals surface area contributed by atoms with E-state index in [1.165, 1.54) is 22.2 Å². The molecule has 0 saturated carbocycles.